The minimum absolute atomic E-state index is 0.202. The van der Waals surface area contributed by atoms with E-state index in [9.17, 15) is 14.4 Å². The molecule has 0 spiro atoms. The highest BCUT2D eigenvalue weighted by Gasteiger charge is 2.36. The van der Waals surface area contributed by atoms with E-state index >= 15 is 0 Å². The van der Waals surface area contributed by atoms with Gasteiger partial charge in [-0.1, -0.05) is 20.3 Å². The molecule has 1 aliphatic carbocycles. The summed E-state index contributed by atoms with van der Waals surface area (Å²) in [5.74, 6) is -0.730. The molecule has 0 saturated heterocycles. The number of alkyl carbamates (subject to hydrolysis) is 1. The van der Waals surface area contributed by atoms with Gasteiger partial charge in [-0.25, -0.2) is 4.79 Å². The standard InChI is InChI=1S/C18H31NO6/c1-4-9-15(21)23-16(10-5-2)24-17(22)19-13-18(25-14(3)20)11-7-6-8-12-18/h16H,4-13H2,1-3H3,(H,19,22). The first-order valence-corrected chi connectivity index (χ1v) is 9.24. The van der Waals surface area contributed by atoms with Crippen LogP contribution in [0.3, 0.4) is 0 Å². The van der Waals surface area contributed by atoms with E-state index in [1.54, 1.807) is 0 Å². The summed E-state index contributed by atoms with van der Waals surface area (Å²) in [5.41, 5.74) is -0.664. The average molecular weight is 357 g/mol. The van der Waals surface area contributed by atoms with Crippen molar-refractivity contribution in [3.8, 4) is 0 Å². The zero-order chi connectivity index (χ0) is 18.7. The SMILES string of the molecule is CCCC(=O)OC(CCC)OC(=O)NCC1(OC(C)=O)CCCCC1. The van der Waals surface area contributed by atoms with Crippen LogP contribution in [-0.4, -0.2) is 36.5 Å². The molecule has 1 unspecified atom stereocenters. The van der Waals surface area contributed by atoms with Gasteiger partial charge in [-0.15, -0.1) is 0 Å². The molecular formula is C18H31NO6. The number of amides is 1. The fourth-order valence-electron chi connectivity index (χ4n) is 3.00. The van der Waals surface area contributed by atoms with Crippen molar-refractivity contribution in [1.29, 1.82) is 0 Å². The molecule has 1 saturated carbocycles. The van der Waals surface area contributed by atoms with Crippen LogP contribution >= 0.6 is 0 Å². The summed E-state index contributed by atoms with van der Waals surface area (Å²) in [6.45, 7) is 5.37. The third-order valence-corrected chi connectivity index (χ3v) is 4.16. The van der Waals surface area contributed by atoms with Crippen LogP contribution in [0.4, 0.5) is 4.79 Å². The molecular weight excluding hydrogens is 326 g/mol. The van der Waals surface area contributed by atoms with Crippen LogP contribution in [-0.2, 0) is 23.8 Å². The van der Waals surface area contributed by atoms with E-state index in [0.717, 1.165) is 38.5 Å². The predicted octanol–water partition coefficient (Wildman–Crippen LogP) is 3.45. The molecule has 0 aromatic rings. The van der Waals surface area contributed by atoms with Crippen molar-refractivity contribution in [2.75, 3.05) is 6.54 Å². The van der Waals surface area contributed by atoms with Gasteiger partial charge in [0.25, 0.3) is 0 Å². The molecule has 1 N–H and O–H groups in total. The second-order valence-electron chi connectivity index (χ2n) is 6.55. The Morgan fingerprint density at radius 3 is 2.28 bits per heavy atom. The van der Waals surface area contributed by atoms with E-state index in [-0.39, 0.29) is 18.5 Å². The average Bonchev–Trinajstić information content (AvgIpc) is 2.54. The van der Waals surface area contributed by atoms with Crippen LogP contribution in [0.5, 0.6) is 0 Å². The highest BCUT2D eigenvalue weighted by molar-refractivity contribution is 5.70. The Labute approximate surface area is 149 Å². The summed E-state index contributed by atoms with van der Waals surface area (Å²) in [6, 6.07) is 0. The number of carbonyl (C=O) groups is 3. The molecule has 1 atom stereocenters. The Morgan fingerprint density at radius 2 is 1.72 bits per heavy atom. The lowest BCUT2D eigenvalue weighted by Gasteiger charge is -2.36. The van der Waals surface area contributed by atoms with Crippen molar-refractivity contribution < 1.29 is 28.6 Å². The molecule has 1 rings (SSSR count). The molecule has 1 aliphatic rings. The zero-order valence-corrected chi connectivity index (χ0v) is 15.6. The van der Waals surface area contributed by atoms with Crippen molar-refractivity contribution in [1.82, 2.24) is 5.32 Å². The number of hydrogen-bond acceptors (Lipinski definition) is 6. The molecule has 7 heteroatoms. The van der Waals surface area contributed by atoms with E-state index in [1.807, 2.05) is 13.8 Å². The number of hydrogen-bond donors (Lipinski definition) is 1. The summed E-state index contributed by atoms with van der Waals surface area (Å²) in [5, 5.41) is 2.66. The highest BCUT2D eigenvalue weighted by atomic mass is 16.7. The number of rotatable bonds is 9. The van der Waals surface area contributed by atoms with Gasteiger partial charge >= 0.3 is 18.0 Å². The van der Waals surface area contributed by atoms with E-state index in [1.165, 1.54) is 6.92 Å². The van der Waals surface area contributed by atoms with Gasteiger partial charge in [-0.2, -0.15) is 0 Å². The third kappa shape index (κ3) is 8.23. The lowest BCUT2D eigenvalue weighted by molar-refractivity contribution is -0.170. The van der Waals surface area contributed by atoms with Crippen LogP contribution < -0.4 is 5.32 Å². The Kier molecular flexibility index (Phi) is 9.31. The maximum absolute atomic E-state index is 12.1. The van der Waals surface area contributed by atoms with Gasteiger partial charge in [-0.3, -0.25) is 9.59 Å². The first kappa shape index (κ1) is 21.3. The normalized spacial score (nSPS) is 17.2. The Balaban J connectivity index is 2.53. The fourth-order valence-corrected chi connectivity index (χ4v) is 3.00. The van der Waals surface area contributed by atoms with Crippen LogP contribution in [0.25, 0.3) is 0 Å². The maximum Gasteiger partial charge on any atom is 0.410 e. The molecule has 0 aromatic heterocycles. The minimum Gasteiger partial charge on any atom is -0.457 e. The van der Waals surface area contributed by atoms with Gasteiger partial charge in [0.1, 0.15) is 5.60 Å². The summed E-state index contributed by atoms with van der Waals surface area (Å²) >= 11 is 0. The summed E-state index contributed by atoms with van der Waals surface area (Å²) in [7, 11) is 0. The molecule has 25 heavy (non-hydrogen) atoms. The van der Waals surface area contributed by atoms with Crippen molar-refractivity contribution in [3.63, 3.8) is 0 Å². The molecule has 1 amide bonds. The molecule has 0 radical (unpaired) electrons. The number of esters is 2. The minimum atomic E-state index is -0.889. The quantitative estimate of drug-likeness (QED) is 0.502. The Bertz CT molecular complexity index is 445. The van der Waals surface area contributed by atoms with Crippen LogP contribution in [0.1, 0.15) is 78.6 Å². The van der Waals surface area contributed by atoms with E-state index < -0.39 is 18.0 Å². The van der Waals surface area contributed by atoms with Gasteiger partial charge in [-0.05, 0) is 38.5 Å². The van der Waals surface area contributed by atoms with Gasteiger partial charge in [0.05, 0.1) is 6.54 Å². The summed E-state index contributed by atoms with van der Waals surface area (Å²) in [4.78, 5) is 35.1. The Hall–Kier alpha value is -1.79. The number of nitrogens with one attached hydrogen (secondary N) is 1. The van der Waals surface area contributed by atoms with Crippen molar-refractivity contribution in [3.05, 3.63) is 0 Å². The molecule has 144 valence electrons. The van der Waals surface area contributed by atoms with Crippen molar-refractivity contribution in [2.45, 2.75) is 90.4 Å². The number of carbonyl (C=O) groups excluding carboxylic acids is 3. The third-order valence-electron chi connectivity index (χ3n) is 4.16. The smallest absolute Gasteiger partial charge is 0.410 e. The Morgan fingerprint density at radius 1 is 1.04 bits per heavy atom. The maximum atomic E-state index is 12.1. The molecule has 7 nitrogen and oxygen atoms in total. The largest absolute Gasteiger partial charge is 0.457 e. The van der Waals surface area contributed by atoms with E-state index in [2.05, 4.69) is 5.32 Å². The molecule has 0 bridgehead atoms. The monoisotopic (exact) mass is 357 g/mol. The van der Waals surface area contributed by atoms with Gasteiger partial charge in [0, 0.05) is 19.8 Å². The van der Waals surface area contributed by atoms with Gasteiger partial charge in [0.2, 0.25) is 6.29 Å². The van der Waals surface area contributed by atoms with Crippen LogP contribution in [0.2, 0.25) is 0 Å². The topological polar surface area (TPSA) is 90.9 Å². The van der Waals surface area contributed by atoms with Gasteiger partial charge < -0.3 is 19.5 Å². The van der Waals surface area contributed by atoms with Crippen molar-refractivity contribution in [2.24, 2.45) is 0 Å². The fraction of sp³-hybridized carbons (Fsp3) is 0.833. The lowest BCUT2D eigenvalue weighted by atomic mass is 9.84. The molecule has 1 fully saturated rings. The highest BCUT2D eigenvalue weighted by Crippen LogP contribution is 2.31. The molecule has 0 aliphatic heterocycles. The van der Waals surface area contributed by atoms with Gasteiger partial charge in [0.15, 0.2) is 0 Å². The summed E-state index contributed by atoms with van der Waals surface area (Å²) in [6.07, 6.45) is 5.02. The molecule has 0 heterocycles. The first-order chi connectivity index (χ1) is 11.9. The lowest BCUT2D eigenvalue weighted by Crippen LogP contribution is -2.48. The van der Waals surface area contributed by atoms with Crippen molar-refractivity contribution >= 4 is 18.0 Å². The first-order valence-electron chi connectivity index (χ1n) is 9.24. The van der Waals surface area contributed by atoms with E-state index in [4.69, 9.17) is 14.2 Å². The van der Waals surface area contributed by atoms with E-state index in [0.29, 0.717) is 19.3 Å². The summed E-state index contributed by atoms with van der Waals surface area (Å²) < 4.78 is 15.9. The van der Waals surface area contributed by atoms with Crippen LogP contribution in [0.15, 0.2) is 0 Å². The number of ether oxygens (including phenoxy) is 3. The second-order valence-corrected chi connectivity index (χ2v) is 6.55. The zero-order valence-electron chi connectivity index (χ0n) is 15.6. The second kappa shape index (κ2) is 10.9. The predicted molar refractivity (Wildman–Crippen MR) is 91.8 cm³/mol. The molecule has 0 aromatic carbocycles. The van der Waals surface area contributed by atoms with Crippen LogP contribution in [0, 0.1) is 0 Å².